The van der Waals surface area contributed by atoms with E-state index in [1.807, 2.05) is 30.3 Å². The highest BCUT2D eigenvalue weighted by Crippen LogP contribution is 2.29. The summed E-state index contributed by atoms with van der Waals surface area (Å²) in [6.07, 6.45) is 3.22. The number of hydrazone groups is 1. The molecule has 0 aromatic heterocycles. The lowest BCUT2D eigenvalue weighted by Gasteiger charge is -2.21. The molecule has 0 saturated heterocycles. The van der Waals surface area contributed by atoms with Gasteiger partial charge in [-0.15, -0.1) is 0 Å². The minimum absolute atomic E-state index is 0.0952. The molecule has 0 unspecified atom stereocenters. The fourth-order valence-corrected chi connectivity index (χ4v) is 4.02. The summed E-state index contributed by atoms with van der Waals surface area (Å²) in [4.78, 5) is 12.6. The number of fused-ring (bicyclic) bond motifs is 2. The van der Waals surface area contributed by atoms with Crippen LogP contribution in [0.15, 0.2) is 59.7 Å². The van der Waals surface area contributed by atoms with Crippen LogP contribution >= 0.6 is 0 Å². The summed E-state index contributed by atoms with van der Waals surface area (Å²) < 4.78 is 5.39. The summed E-state index contributed by atoms with van der Waals surface area (Å²) in [5.41, 5.74) is 8.27. The van der Waals surface area contributed by atoms with Gasteiger partial charge in [0.2, 0.25) is 5.91 Å². The Morgan fingerprint density at radius 1 is 1.11 bits per heavy atom. The monoisotopic (exact) mass is 372 g/mol. The van der Waals surface area contributed by atoms with Gasteiger partial charge in [0, 0.05) is 5.56 Å². The zero-order valence-electron chi connectivity index (χ0n) is 16.3. The molecule has 3 aromatic carbocycles. The van der Waals surface area contributed by atoms with Gasteiger partial charge in [0.1, 0.15) is 5.75 Å². The first-order chi connectivity index (χ1) is 13.7. The molecule has 0 atom stereocenters. The molecule has 0 aliphatic heterocycles. The van der Waals surface area contributed by atoms with Gasteiger partial charge in [-0.3, -0.25) is 4.79 Å². The van der Waals surface area contributed by atoms with Crippen LogP contribution in [0.1, 0.15) is 35.1 Å². The van der Waals surface area contributed by atoms with Crippen molar-refractivity contribution in [2.45, 2.75) is 32.6 Å². The second-order valence-electron chi connectivity index (χ2n) is 7.24. The molecule has 0 radical (unpaired) electrons. The molecular formula is C24H24N2O2. The number of amides is 1. The molecule has 4 heteroatoms. The molecule has 0 heterocycles. The second kappa shape index (κ2) is 7.85. The molecule has 28 heavy (non-hydrogen) atoms. The number of aryl methyl sites for hydroxylation is 2. The number of methoxy groups -OCH3 is 1. The van der Waals surface area contributed by atoms with Crippen molar-refractivity contribution in [1.29, 1.82) is 0 Å². The summed E-state index contributed by atoms with van der Waals surface area (Å²) in [7, 11) is 1.69. The molecule has 0 saturated carbocycles. The second-order valence-corrected chi connectivity index (χ2v) is 7.24. The zero-order valence-corrected chi connectivity index (χ0v) is 16.3. The molecule has 1 N–H and O–H groups in total. The van der Waals surface area contributed by atoms with Gasteiger partial charge in [-0.05, 0) is 65.8 Å². The lowest BCUT2D eigenvalue weighted by molar-refractivity contribution is -0.120. The summed E-state index contributed by atoms with van der Waals surface area (Å²) in [5, 5.41) is 6.75. The number of rotatable bonds is 4. The maximum absolute atomic E-state index is 12.6. The van der Waals surface area contributed by atoms with E-state index in [0.29, 0.717) is 6.42 Å². The summed E-state index contributed by atoms with van der Waals surface area (Å²) in [6, 6.07) is 18.3. The third kappa shape index (κ3) is 3.63. The minimum Gasteiger partial charge on any atom is -0.497 e. The van der Waals surface area contributed by atoms with E-state index in [1.165, 1.54) is 5.56 Å². The largest absolute Gasteiger partial charge is 0.497 e. The standard InChI is InChI=1S/C24H24N2O2/c1-16-13-20(28-2)14-19-10-6-12-22(24(16)19)25-26-23(27)15-18-9-5-8-17-7-3-4-11-21(17)18/h3-5,7-9,11,13-14H,6,10,12,15H2,1-2H3,(H,26,27)/b25-22-. The highest BCUT2D eigenvalue weighted by molar-refractivity contribution is 6.04. The molecule has 0 fully saturated rings. The van der Waals surface area contributed by atoms with Gasteiger partial charge in [-0.2, -0.15) is 5.10 Å². The molecule has 1 aliphatic rings. The zero-order chi connectivity index (χ0) is 19.5. The first kappa shape index (κ1) is 18.2. The number of carbonyl (C=O) groups excluding carboxylic acids is 1. The van der Waals surface area contributed by atoms with Crippen LogP contribution in [0.2, 0.25) is 0 Å². The molecule has 1 aliphatic carbocycles. The first-order valence-corrected chi connectivity index (χ1v) is 9.65. The van der Waals surface area contributed by atoms with Crippen LogP contribution in [-0.2, 0) is 17.6 Å². The third-order valence-electron chi connectivity index (χ3n) is 5.32. The number of hydrogen-bond acceptors (Lipinski definition) is 3. The van der Waals surface area contributed by atoms with Gasteiger partial charge in [-0.1, -0.05) is 42.5 Å². The van der Waals surface area contributed by atoms with E-state index in [9.17, 15) is 4.79 Å². The maximum Gasteiger partial charge on any atom is 0.244 e. The van der Waals surface area contributed by atoms with E-state index in [4.69, 9.17) is 4.74 Å². The number of carbonyl (C=O) groups is 1. The molecule has 142 valence electrons. The predicted octanol–water partition coefficient (Wildman–Crippen LogP) is 4.56. The van der Waals surface area contributed by atoms with E-state index in [0.717, 1.165) is 58.2 Å². The Kier molecular flexibility index (Phi) is 5.11. The summed E-state index contributed by atoms with van der Waals surface area (Å²) >= 11 is 0. The SMILES string of the molecule is COc1cc(C)c2c(c1)CCC/C2=N/NC(=O)Cc1cccc2ccccc12. The van der Waals surface area contributed by atoms with Crippen molar-refractivity contribution in [3.8, 4) is 5.75 Å². The van der Waals surface area contributed by atoms with Crippen molar-refractivity contribution in [2.75, 3.05) is 7.11 Å². The van der Waals surface area contributed by atoms with Crippen molar-refractivity contribution in [1.82, 2.24) is 5.43 Å². The molecule has 0 bridgehead atoms. The molecular weight excluding hydrogens is 348 g/mol. The van der Waals surface area contributed by atoms with Crippen LogP contribution < -0.4 is 10.2 Å². The molecule has 0 spiro atoms. The van der Waals surface area contributed by atoms with Crippen LogP contribution in [0.5, 0.6) is 5.75 Å². The Morgan fingerprint density at radius 2 is 1.93 bits per heavy atom. The lowest BCUT2D eigenvalue weighted by Crippen LogP contribution is -2.24. The first-order valence-electron chi connectivity index (χ1n) is 9.65. The number of benzene rings is 3. The summed E-state index contributed by atoms with van der Waals surface area (Å²) in [5.74, 6) is 0.777. The molecule has 4 rings (SSSR count). The lowest BCUT2D eigenvalue weighted by atomic mass is 9.87. The van der Waals surface area contributed by atoms with Crippen molar-refractivity contribution >= 4 is 22.4 Å². The molecule has 1 amide bonds. The van der Waals surface area contributed by atoms with E-state index in [1.54, 1.807) is 7.11 Å². The van der Waals surface area contributed by atoms with Crippen LogP contribution in [-0.4, -0.2) is 18.7 Å². The summed E-state index contributed by atoms with van der Waals surface area (Å²) in [6.45, 7) is 2.07. The van der Waals surface area contributed by atoms with Gasteiger partial charge in [-0.25, -0.2) is 5.43 Å². The van der Waals surface area contributed by atoms with E-state index in [2.05, 4.69) is 41.7 Å². The van der Waals surface area contributed by atoms with Crippen LogP contribution in [0.4, 0.5) is 0 Å². The van der Waals surface area contributed by atoms with Crippen LogP contribution in [0.3, 0.4) is 0 Å². The van der Waals surface area contributed by atoms with Gasteiger partial charge < -0.3 is 4.74 Å². The topological polar surface area (TPSA) is 50.7 Å². The Morgan fingerprint density at radius 3 is 2.79 bits per heavy atom. The third-order valence-corrected chi connectivity index (χ3v) is 5.32. The van der Waals surface area contributed by atoms with Gasteiger partial charge in [0.25, 0.3) is 0 Å². The fourth-order valence-electron chi connectivity index (χ4n) is 4.02. The Balaban J connectivity index is 1.54. The Hall–Kier alpha value is -3.14. The average Bonchev–Trinajstić information content (AvgIpc) is 2.72. The Bertz CT molecular complexity index is 1060. The maximum atomic E-state index is 12.6. The normalized spacial score (nSPS) is 14.7. The fraction of sp³-hybridized carbons (Fsp3) is 0.250. The van der Waals surface area contributed by atoms with E-state index in [-0.39, 0.29) is 5.91 Å². The van der Waals surface area contributed by atoms with Crippen molar-refractivity contribution in [2.24, 2.45) is 5.10 Å². The van der Waals surface area contributed by atoms with Gasteiger partial charge in [0.05, 0.1) is 19.2 Å². The van der Waals surface area contributed by atoms with Gasteiger partial charge >= 0.3 is 0 Å². The smallest absolute Gasteiger partial charge is 0.244 e. The van der Waals surface area contributed by atoms with Gasteiger partial charge in [0.15, 0.2) is 0 Å². The van der Waals surface area contributed by atoms with Crippen molar-refractivity contribution in [3.05, 3.63) is 76.9 Å². The number of nitrogens with one attached hydrogen (secondary N) is 1. The molecule has 4 nitrogen and oxygen atoms in total. The number of hydrogen-bond donors (Lipinski definition) is 1. The molecule has 3 aromatic rings. The highest BCUT2D eigenvalue weighted by atomic mass is 16.5. The quantitative estimate of drug-likeness (QED) is 0.683. The number of nitrogens with zero attached hydrogens (tertiary/aromatic N) is 1. The highest BCUT2D eigenvalue weighted by Gasteiger charge is 2.19. The Labute approximate surface area is 165 Å². The van der Waals surface area contributed by atoms with E-state index >= 15 is 0 Å². The van der Waals surface area contributed by atoms with Crippen LogP contribution in [0, 0.1) is 6.92 Å². The minimum atomic E-state index is -0.0952. The number of ether oxygens (including phenoxy) is 1. The van der Waals surface area contributed by atoms with Crippen LogP contribution in [0.25, 0.3) is 10.8 Å². The van der Waals surface area contributed by atoms with Crippen molar-refractivity contribution in [3.63, 3.8) is 0 Å². The van der Waals surface area contributed by atoms with Crippen molar-refractivity contribution < 1.29 is 9.53 Å². The van der Waals surface area contributed by atoms with E-state index < -0.39 is 0 Å². The predicted molar refractivity (Wildman–Crippen MR) is 113 cm³/mol. The average molecular weight is 372 g/mol.